The Balaban J connectivity index is 2.28. The standard InChI is InChI=1S/C12H15NO2/c1-2-4-9-5-3-6-10-7-13(12(14)15)8-11(9)10/h3,5-6H,2,4,7-8H2,1H3,(H,14,15). The molecule has 1 heterocycles. The van der Waals surface area contributed by atoms with Crippen molar-refractivity contribution in [1.82, 2.24) is 4.90 Å². The molecule has 0 aromatic heterocycles. The zero-order chi connectivity index (χ0) is 10.8. The van der Waals surface area contributed by atoms with E-state index in [1.54, 1.807) is 0 Å². The lowest BCUT2D eigenvalue weighted by molar-refractivity contribution is 0.145. The van der Waals surface area contributed by atoms with Crippen LogP contribution in [-0.2, 0) is 19.5 Å². The largest absolute Gasteiger partial charge is 0.465 e. The summed E-state index contributed by atoms with van der Waals surface area (Å²) < 4.78 is 0. The van der Waals surface area contributed by atoms with Crippen LogP contribution in [0.2, 0.25) is 0 Å². The molecule has 15 heavy (non-hydrogen) atoms. The van der Waals surface area contributed by atoms with Crippen LogP contribution in [0.5, 0.6) is 0 Å². The van der Waals surface area contributed by atoms with Crippen LogP contribution in [0.4, 0.5) is 4.79 Å². The van der Waals surface area contributed by atoms with Crippen LogP contribution in [0.1, 0.15) is 30.0 Å². The normalized spacial score (nSPS) is 14.1. The second kappa shape index (κ2) is 3.93. The number of fused-ring (bicyclic) bond motifs is 1. The van der Waals surface area contributed by atoms with Gasteiger partial charge in [0.25, 0.3) is 0 Å². The summed E-state index contributed by atoms with van der Waals surface area (Å²) in [6.45, 7) is 3.24. The predicted molar refractivity (Wildman–Crippen MR) is 57.7 cm³/mol. The first kappa shape index (κ1) is 10.0. The molecule has 0 spiro atoms. The minimum atomic E-state index is -0.825. The van der Waals surface area contributed by atoms with Gasteiger partial charge < -0.3 is 5.11 Å². The smallest absolute Gasteiger partial charge is 0.407 e. The average Bonchev–Trinajstić information content (AvgIpc) is 2.63. The van der Waals surface area contributed by atoms with Crippen LogP contribution in [0.25, 0.3) is 0 Å². The molecule has 0 saturated carbocycles. The molecule has 0 atom stereocenters. The summed E-state index contributed by atoms with van der Waals surface area (Å²) >= 11 is 0. The highest BCUT2D eigenvalue weighted by Gasteiger charge is 2.24. The number of carbonyl (C=O) groups is 1. The molecular weight excluding hydrogens is 190 g/mol. The predicted octanol–water partition coefficient (Wildman–Crippen LogP) is 2.63. The van der Waals surface area contributed by atoms with Crippen molar-refractivity contribution in [3.05, 3.63) is 34.9 Å². The molecule has 0 bridgehead atoms. The summed E-state index contributed by atoms with van der Waals surface area (Å²) in [5.74, 6) is 0. The quantitative estimate of drug-likeness (QED) is 0.806. The third-order valence-corrected chi connectivity index (χ3v) is 2.87. The molecule has 3 nitrogen and oxygen atoms in total. The molecule has 1 N–H and O–H groups in total. The van der Waals surface area contributed by atoms with Crippen LogP contribution in [0.15, 0.2) is 18.2 Å². The fourth-order valence-corrected chi connectivity index (χ4v) is 2.13. The van der Waals surface area contributed by atoms with Gasteiger partial charge in [0.1, 0.15) is 0 Å². The maximum atomic E-state index is 10.9. The highest BCUT2D eigenvalue weighted by atomic mass is 16.4. The van der Waals surface area contributed by atoms with Gasteiger partial charge in [0.05, 0.1) is 0 Å². The summed E-state index contributed by atoms with van der Waals surface area (Å²) in [5, 5.41) is 8.93. The van der Waals surface area contributed by atoms with Crippen LogP contribution in [0.3, 0.4) is 0 Å². The summed E-state index contributed by atoms with van der Waals surface area (Å²) in [6, 6.07) is 6.15. The minimum Gasteiger partial charge on any atom is -0.465 e. The van der Waals surface area contributed by atoms with Crippen molar-refractivity contribution >= 4 is 6.09 Å². The van der Waals surface area contributed by atoms with Crippen molar-refractivity contribution in [2.24, 2.45) is 0 Å². The average molecular weight is 205 g/mol. The van der Waals surface area contributed by atoms with Crippen LogP contribution in [-0.4, -0.2) is 16.1 Å². The fourth-order valence-electron chi connectivity index (χ4n) is 2.13. The Morgan fingerprint density at radius 3 is 2.93 bits per heavy atom. The van der Waals surface area contributed by atoms with E-state index < -0.39 is 6.09 Å². The zero-order valence-corrected chi connectivity index (χ0v) is 8.86. The third kappa shape index (κ3) is 1.82. The van der Waals surface area contributed by atoms with Gasteiger partial charge in [-0.15, -0.1) is 0 Å². The summed E-state index contributed by atoms with van der Waals surface area (Å²) in [6.07, 6.45) is 1.31. The summed E-state index contributed by atoms with van der Waals surface area (Å²) in [7, 11) is 0. The van der Waals surface area contributed by atoms with Gasteiger partial charge in [0.2, 0.25) is 0 Å². The number of rotatable bonds is 2. The Bertz CT molecular complexity index is 387. The van der Waals surface area contributed by atoms with Gasteiger partial charge in [-0.25, -0.2) is 4.79 Å². The fraction of sp³-hybridized carbons (Fsp3) is 0.417. The summed E-state index contributed by atoms with van der Waals surface area (Å²) in [5.41, 5.74) is 3.70. The van der Waals surface area contributed by atoms with Crippen molar-refractivity contribution in [2.75, 3.05) is 0 Å². The van der Waals surface area contributed by atoms with E-state index in [-0.39, 0.29) is 0 Å². The Labute approximate surface area is 89.3 Å². The van der Waals surface area contributed by atoms with E-state index in [0.29, 0.717) is 13.1 Å². The zero-order valence-electron chi connectivity index (χ0n) is 8.86. The summed E-state index contributed by atoms with van der Waals surface area (Å²) in [4.78, 5) is 12.3. The van der Waals surface area contributed by atoms with Crippen LogP contribution in [0, 0.1) is 0 Å². The van der Waals surface area contributed by atoms with E-state index in [9.17, 15) is 4.79 Å². The van der Waals surface area contributed by atoms with E-state index in [1.807, 2.05) is 12.1 Å². The lowest BCUT2D eigenvalue weighted by Crippen LogP contribution is -2.22. The van der Waals surface area contributed by atoms with Crippen molar-refractivity contribution in [2.45, 2.75) is 32.9 Å². The molecule has 0 unspecified atom stereocenters. The number of amides is 1. The molecule has 80 valence electrons. The van der Waals surface area contributed by atoms with E-state index in [1.165, 1.54) is 21.6 Å². The first-order chi connectivity index (χ1) is 7.22. The second-order valence-corrected chi connectivity index (χ2v) is 3.94. The molecule has 3 heteroatoms. The van der Waals surface area contributed by atoms with Crippen molar-refractivity contribution in [3.8, 4) is 0 Å². The number of nitrogens with zero attached hydrogens (tertiary/aromatic N) is 1. The Hall–Kier alpha value is -1.51. The Morgan fingerprint density at radius 2 is 2.27 bits per heavy atom. The van der Waals surface area contributed by atoms with Gasteiger partial charge >= 0.3 is 6.09 Å². The molecule has 0 aliphatic carbocycles. The monoisotopic (exact) mass is 205 g/mol. The van der Waals surface area contributed by atoms with E-state index in [4.69, 9.17) is 5.11 Å². The van der Waals surface area contributed by atoms with Crippen molar-refractivity contribution < 1.29 is 9.90 Å². The number of hydrogen-bond donors (Lipinski definition) is 1. The first-order valence-corrected chi connectivity index (χ1v) is 5.30. The first-order valence-electron chi connectivity index (χ1n) is 5.30. The maximum absolute atomic E-state index is 10.9. The SMILES string of the molecule is CCCc1cccc2c1CN(C(=O)O)C2. The molecule has 0 saturated heterocycles. The highest BCUT2D eigenvalue weighted by Crippen LogP contribution is 2.26. The molecule has 1 amide bonds. The van der Waals surface area contributed by atoms with Crippen molar-refractivity contribution in [3.63, 3.8) is 0 Å². The molecule has 1 aromatic carbocycles. The van der Waals surface area contributed by atoms with E-state index in [0.717, 1.165) is 12.8 Å². The van der Waals surface area contributed by atoms with Crippen LogP contribution < -0.4 is 0 Å². The number of benzene rings is 1. The topological polar surface area (TPSA) is 40.5 Å². The third-order valence-electron chi connectivity index (χ3n) is 2.87. The lowest BCUT2D eigenvalue weighted by Gasteiger charge is -2.09. The molecule has 0 fully saturated rings. The van der Waals surface area contributed by atoms with E-state index >= 15 is 0 Å². The number of hydrogen-bond acceptors (Lipinski definition) is 1. The van der Waals surface area contributed by atoms with Gasteiger partial charge in [-0.1, -0.05) is 31.5 Å². The minimum absolute atomic E-state index is 0.544. The molecular formula is C12H15NO2. The molecule has 1 aliphatic heterocycles. The molecule has 1 aliphatic rings. The van der Waals surface area contributed by atoms with Gasteiger partial charge in [0.15, 0.2) is 0 Å². The van der Waals surface area contributed by atoms with Crippen LogP contribution >= 0.6 is 0 Å². The number of aryl methyl sites for hydroxylation is 1. The van der Waals surface area contributed by atoms with Gasteiger partial charge in [-0.2, -0.15) is 0 Å². The van der Waals surface area contributed by atoms with Gasteiger partial charge in [-0.3, -0.25) is 4.90 Å². The van der Waals surface area contributed by atoms with Gasteiger partial charge in [0, 0.05) is 13.1 Å². The molecule has 1 aromatic rings. The maximum Gasteiger partial charge on any atom is 0.407 e. The molecule has 0 radical (unpaired) electrons. The number of carboxylic acid groups (broad SMARTS) is 1. The molecule has 2 rings (SSSR count). The second-order valence-electron chi connectivity index (χ2n) is 3.94. The highest BCUT2D eigenvalue weighted by molar-refractivity contribution is 5.66. The Morgan fingerprint density at radius 1 is 1.47 bits per heavy atom. The van der Waals surface area contributed by atoms with E-state index in [2.05, 4.69) is 13.0 Å². The van der Waals surface area contributed by atoms with Gasteiger partial charge in [-0.05, 0) is 23.1 Å². The Kier molecular flexibility index (Phi) is 2.62. The lowest BCUT2D eigenvalue weighted by atomic mass is 10.0. The van der Waals surface area contributed by atoms with Crippen molar-refractivity contribution in [1.29, 1.82) is 0 Å².